The topological polar surface area (TPSA) is 12.0 Å². The third-order valence-electron chi connectivity index (χ3n) is 5.03. The van der Waals surface area contributed by atoms with Crippen molar-refractivity contribution in [1.82, 2.24) is 5.32 Å². The Bertz CT molecular complexity index is 407. The lowest BCUT2D eigenvalue weighted by Gasteiger charge is -2.31. The zero-order chi connectivity index (χ0) is 13.8. The zero-order valence-corrected chi connectivity index (χ0v) is 13.4. The van der Waals surface area contributed by atoms with Gasteiger partial charge in [-0.2, -0.15) is 0 Å². The number of nitrogens with one attached hydrogen (secondary N) is 1. The lowest BCUT2D eigenvalue weighted by atomic mass is 9.80. The molecular formula is C18H27NS. The van der Waals surface area contributed by atoms with E-state index in [0.29, 0.717) is 5.41 Å². The lowest BCUT2D eigenvalue weighted by molar-refractivity contribution is 0.243. The van der Waals surface area contributed by atoms with Crippen LogP contribution in [0.4, 0.5) is 0 Å². The van der Waals surface area contributed by atoms with Crippen LogP contribution in [-0.2, 0) is 0 Å². The predicted molar refractivity (Wildman–Crippen MR) is 88.2 cm³/mol. The molecule has 2 heteroatoms. The molecule has 1 aromatic carbocycles. The first-order valence-electron chi connectivity index (χ1n) is 8.20. The van der Waals surface area contributed by atoms with Gasteiger partial charge in [-0.3, -0.25) is 0 Å². The zero-order valence-electron chi connectivity index (χ0n) is 12.6. The van der Waals surface area contributed by atoms with Crippen LogP contribution in [0, 0.1) is 17.3 Å². The Morgan fingerprint density at radius 1 is 1.20 bits per heavy atom. The van der Waals surface area contributed by atoms with Crippen molar-refractivity contribution < 1.29 is 0 Å². The number of rotatable bonds is 8. The molecule has 0 saturated heterocycles. The summed E-state index contributed by atoms with van der Waals surface area (Å²) < 4.78 is 0. The minimum Gasteiger partial charge on any atom is -0.316 e. The molecule has 0 radical (unpaired) electrons. The van der Waals surface area contributed by atoms with E-state index in [1.54, 1.807) is 0 Å². The Morgan fingerprint density at radius 3 is 2.65 bits per heavy atom. The van der Waals surface area contributed by atoms with Gasteiger partial charge in [-0.15, -0.1) is 11.8 Å². The average Bonchev–Trinajstić information content (AvgIpc) is 3.08. The van der Waals surface area contributed by atoms with Crippen LogP contribution in [0.15, 0.2) is 35.2 Å². The Hall–Kier alpha value is -0.470. The second kappa shape index (κ2) is 6.53. The van der Waals surface area contributed by atoms with Crippen molar-refractivity contribution in [1.29, 1.82) is 0 Å². The molecule has 2 unspecified atom stereocenters. The highest BCUT2D eigenvalue weighted by molar-refractivity contribution is 7.99. The van der Waals surface area contributed by atoms with Gasteiger partial charge in [-0.05, 0) is 73.8 Å². The van der Waals surface area contributed by atoms with Gasteiger partial charge in [0.15, 0.2) is 0 Å². The number of hydrogen-bond acceptors (Lipinski definition) is 2. The molecular weight excluding hydrogens is 262 g/mol. The largest absolute Gasteiger partial charge is 0.316 e. The molecule has 1 aromatic rings. The van der Waals surface area contributed by atoms with Crippen molar-refractivity contribution in [2.45, 2.75) is 43.9 Å². The van der Waals surface area contributed by atoms with Gasteiger partial charge in [0, 0.05) is 11.4 Å². The summed E-state index contributed by atoms with van der Waals surface area (Å²) in [4.78, 5) is 1.42. The van der Waals surface area contributed by atoms with Crippen LogP contribution in [0.2, 0.25) is 0 Å². The molecule has 2 fully saturated rings. The number of thioether (sulfide) groups is 1. The summed E-state index contributed by atoms with van der Waals surface area (Å²) in [5.74, 6) is 3.44. The lowest BCUT2D eigenvalue weighted by Crippen LogP contribution is -2.34. The van der Waals surface area contributed by atoms with Crippen LogP contribution in [0.5, 0.6) is 0 Å². The quantitative estimate of drug-likeness (QED) is 0.555. The number of hydrogen-bond donors (Lipinski definition) is 1. The van der Waals surface area contributed by atoms with Crippen molar-refractivity contribution >= 4 is 11.8 Å². The molecule has 20 heavy (non-hydrogen) atoms. The van der Waals surface area contributed by atoms with Crippen LogP contribution >= 0.6 is 11.8 Å². The van der Waals surface area contributed by atoms with Gasteiger partial charge in [-0.25, -0.2) is 0 Å². The van der Waals surface area contributed by atoms with Crippen LogP contribution in [-0.4, -0.2) is 18.8 Å². The standard InChI is InChI=1S/C18H27NS/c1-2-9-19-14-18(12-15-11-16(15)13-18)8-10-20-17-6-4-3-5-7-17/h3-7,15-16,19H,2,8-14H2,1H3. The summed E-state index contributed by atoms with van der Waals surface area (Å²) in [6.07, 6.45) is 7.15. The maximum atomic E-state index is 3.70. The van der Waals surface area contributed by atoms with Gasteiger partial charge in [-0.1, -0.05) is 25.1 Å². The van der Waals surface area contributed by atoms with Gasteiger partial charge < -0.3 is 5.32 Å². The molecule has 2 saturated carbocycles. The molecule has 2 atom stereocenters. The number of benzene rings is 1. The van der Waals surface area contributed by atoms with Gasteiger partial charge in [0.1, 0.15) is 0 Å². The van der Waals surface area contributed by atoms with Crippen molar-refractivity contribution in [3.05, 3.63) is 30.3 Å². The van der Waals surface area contributed by atoms with Crippen molar-refractivity contribution in [3.63, 3.8) is 0 Å². The highest BCUT2D eigenvalue weighted by Gasteiger charge is 2.52. The summed E-state index contributed by atoms with van der Waals surface area (Å²) in [6, 6.07) is 10.9. The first kappa shape index (κ1) is 14.5. The van der Waals surface area contributed by atoms with E-state index < -0.39 is 0 Å². The third kappa shape index (κ3) is 3.59. The molecule has 1 nitrogen and oxygen atoms in total. The van der Waals surface area contributed by atoms with E-state index in [-0.39, 0.29) is 0 Å². The maximum absolute atomic E-state index is 3.70. The van der Waals surface area contributed by atoms with E-state index in [2.05, 4.69) is 42.6 Å². The molecule has 0 aromatic heterocycles. The van der Waals surface area contributed by atoms with Crippen molar-refractivity contribution in [3.8, 4) is 0 Å². The predicted octanol–water partition coefficient (Wildman–Crippen LogP) is 4.58. The van der Waals surface area contributed by atoms with Crippen LogP contribution in [0.25, 0.3) is 0 Å². The Kier molecular flexibility index (Phi) is 4.72. The molecule has 0 amide bonds. The van der Waals surface area contributed by atoms with E-state index in [0.717, 1.165) is 11.8 Å². The van der Waals surface area contributed by atoms with Crippen LogP contribution < -0.4 is 5.32 Å². The summed E-state index contributed by atoms with van der Waals surface area (Å²) in [5, 5.41) is 3.70. The van der Waals surface area contributed by atoms with E-state index >= 15 is 0 Å². The van der Waals surface area contributed by atoms with Crippen molar-refractivity contribution in [2.24, 2.45) is 17.3 Å². The highest BCUT2D eigenvalue weighted by Crippen LogP contribution is 2.61. The third-order valence-corrected chi connectivity index (χ3v) is 6.04. The summed E-state index contributed by atoms with van der Waals surface area (Å²) in [5.41, 5.74) is 0.616. The highest BCUT2D eigenvalue weighted by atomic mass is 32.2. The van der Waals surface area contributed by atoms with Gasteiger partial charge >= 0.3 is 0 Å². The molecule has 0 heterocycles. The Balaban J connectivity index is 1.49. The number of fused-ring (bicyclic) bond motifs is 1. The van der Waals surface area contributed by atoms with E-state index in [1.165, 1.54) is 55.8 Å². The second-order valence-corrected chi connectivity index (χ2v) is 7.92. The summed E-state index contributed by atoms with van der Waals surface area (Å²) >= 11 is 2.03. The molecule has 2 aliphatic rings. The molecule has 0 spiro atoms. The van der Waals surface area contributed by atoms with Gasteiger partial charge in [0.25, 0.3) is 0 Å². The molecule has 1 N–H and O–H groups in total. The molecule has 110 valence electrons. The second-order valence-electron chi connectivity index (χ2n) is 6.75. The summed E-state index contributed by atoms with van der Waals surface area (Å²) in [6.45, 7) is 4.70. The van der Waals surface area contributed by atoms with Crippen LogP contribution in [0.3, 0.4) is 0 Å². The smallest absolute Gasteiger partial charge is 0.00719 e. The fraction of sp³-hybridized carbons (Fsp3) is 0.667. The first-order chi connectivity index (χ1) is 9.81. The minimum absolute atomic E-state index is 0.616. The fourth-order valence-electron chi connectivity index (χ4n) is 3.88. The monoisotopic (exact) mass is 289 g/mol. The van der Waals surface area contributed by atoms with Gasteiger partial charge in [0.2, 0.25) is 0 Å². The molecule has 3 rings (SSSR count). The molecule has 0 bridgehead atoms. The van der Waals surface area contributed by atoms with Crippen molar-refractivity contribution in [2.75, 3.05) is 18.8 Å². The molecule has 0 aliphatic heterocycles. The van der Waals surface area contributed by atoms with E-state index in [9.17, 15) is 0 Å². The Morgan fingerprint density at radius 2 is 1.95 bits per heavy atom. The minimum atomic E-state index is 0.616. The summed E-state index contributed by atoms with van der Waals surface area (Å²) in [7, 11) is 0. The maximum Gasteiger partial charge on any atom is 0.00719 e. The first-order valence-corrected chi connectivity index (χ1v) is 9.18. The van der Waals surface area contributed by atoms with E-state index in [1.807, 2.05) is 11.8 Å². The van der Waals surface area contributed by atoms with E-state index in [4.69, 9.17) is 0 Å². The molecule has 2 aliphatic carbocycles. The normalized spacial score (nSPS) is 31.2. The van der Waals surface area contributed by atoms with Crippen LogP contribution in [0.1, 0.15) is 39.0 Å². The van der Waals surface area contributed by atoms with Gasteiger partial charge in [0.05, 0.1) is 0 Å². The fourth-order valence-corrected chi connectivity index (χ4v) is 5.00. The SMILES string of the molecule is CCCNCC1(CCSc2ccccc2)CC2CC2C1. The average molecular weight is 289 g/mol. The Labute approximate surface area is 127 Å².